The van der Waals surface area contributed by atoms with E-state index in [1.54, 1.807) is 18.2 Å². The Labute approximate surface area is 168 Å². The Morgan fingerprint density at radius 3 is 2.34 bits per heavy atom. The van der Waals surface area contributed by atoms with Gasteiger partial charge in [-0.15, -0.1) is 0 Å². The molecule has 0 spiro atoms. The van der Waals surface area contributed by atoms with Crippen molar-refractivity contribution in [2.75, 3.05) is 0 Å². The molecule has 0 heterocycles. The van der Waals surface area contributed by atoms with Gasteiger partial charge >= 0.3 is 5.97 Å². The van der Waals surface area contributed by atoms with Crippen molar-refractivity contribution < 1.29 is 23.5 Å². The fourth-order valence-electron chi connectivity index (χ4n) is 2.32. The molecule has 0 aliphatic heterocycles. The minimum absolute atomic E-state index is 0.178. The molecule has 0 aliphatic carbocycles. The van der Waals surface area contributed by atoms with Crippen LogP contribution < -0.4 is 10.6 Å². The molecule has 2 amide bonds. The highest BCUT2D eigenvalue weighted by Crippen LogP contribution is 2.04. The second-order valence-electron chi connectivity index (χ2n) is 6.40. The molecule has 0 saturated carbocycles. The van der Waals surface area contributed by atoms with Crippen LogP contribution in [0.15, 0.2) is 60.7 Å². The van der Waals surface area contributed by atoms with Gasteiger partial charge < -0.3 is 15.4 Å². The number of rotatable bonds is 8. The standard InChI is InChI=1S/C22H23FN2O4/c1-15(25-20(26)13-10-17-6-4-3-5-7-17)22(28)29-16(2)21(27)24-14-18-8-11-19(23)12-9-18/h3-13,15-16H,14H2,1-2H3,(H,24,27)(H,25,26)/b13-10+/t15-,16+/m0/s1. The topological polar surface area (TPSA) is 84.5 Å². The van der Waals surface area contributed by atoms with Gasteiger partial charge in [-0.05, 0) is 43.2 Å². The number of hydrogen-bond donors (Lipinski definition) is 2. The van der Waals surface area contributed by atoms with E-state index in [9.17, 15) is 18.8 Å². The van der Waals surface area contributed by atoms with Crippen LogP contribution in [0, 0.1) is 5.82 Å². The predicted molar refractivity (Wildman–Crippen MR) is 107 cm³/mol. The number of ether oxygens (including phenoxy) is 1. The summed E-state index contributed by atoms with van der Waals surface area (Å²) in [6.45, 7) is 3.08. The molecule has 0 aliphatic rings. The summed E-state index contributed by atoms with van der Waals surface area (Å²) in [7, 11) is 0. The van der Waals surface area contributed by atoms with Crippen molar-refractivity contribution in [1.29, 1.82) is 0 Å². The lowest BCUT2D eigenvalue weighted by molar-refractivity contribution is -0.157. The van der Waals surface area contributed by atoms with E-state index in [2.05, 4.69) is 10.6 Å². The molecule has 2 aromatic carbocycles. The van der Waals surface area contributed by atoms with Gasteiger partial charge in [-0.2, -0.15) is 0 Å². The second kappa shape index (κ2) is 10.8. The zero-order chi connectivity index (χ0) is 21.2. The molecule has 0 unspecified atom stereocenters. The van der Waals surface area contributed by atoms with Crippen molar-refractivity contribution in [1.82, 2.24) is 10.6 Å². The minimum atomic E-state index is -1.04. The lowest BCUT2D eigenvalue weighted by Crippen LogP contribution is -2.43. The third-order valence-electron chi connectivity index (χ3n) is 3.98. The van der Waals surface area contributed by atoms with Crippen LogP contribution >= 0.6 is 0 Å². The van der Waals surface area contributed by atoms with Crippen molar-refractivity contribution in [3.05, 3.63) is 77.6 Å². The Morgan fingerprint density at radius 1 is 1.03 bits per heavy atom. The summed E-state index contributed by atoms with van der Waals surface area (Å²) in [5.74, 6) is -2.04. The SMILES string of the molecule is C[C@H](NC(=O)/C=C/c1ccccc1)C(=O)O[C@H](C)C(=O)NCc1ccc(F)cc1. The highest BCUT2D eigenvalue weighted by Gasteiger charge is 2.22. The van der Waals surface area contributed by atoms with Gasteiger partial charge in [0.05, 0.1) is 0 Å². The number of benzene rings is 2. The largest absolute Gasteiger partial charge is 0.451 e. The smallest absolute Gasteiger partial charge is 0.329 e. The predicted octanol–water partition coefficient (Wildman–Crippen LogP) is 2.59. The third-order valence-corrected chi connectivity index (χ3v) is 3.98. The summed E-state index contributed by atoms with van der Waals surface area (Å²) in [5.41, 5.74) is 1.56. The summed E-state index contributed by atoms with van der Waals surface area (Å²) in [5, 5.41) is 5.09. The minimum Gasteiger partial charge on any atom is -0.451 e. The Kier molecular flexibility index (Phi) is 8.09. The summed E-state index contributed by atoms with van der Waals surface area (Å²) >= 11 is 0. The Morgan fingerprint density at radius 2 is 1.69 bits per heavy atom. The number of nitrogens with one attached hydrogen (secondary N) is 2. The van der Waals surface area contributed by atoms with Crippen LogP contribution in [-0.4, -0.2) is 29.9 Å². The van der Waals surface area contributed by atoms with Crippen LogP contribution in [0.2, 0.25) is 0 Å². The molecule has 152 valence electrons. The van der Waals surface area contributed by atoms with Gasteiger partial charge in [0.15, 0.2) is 6.10 Å². The highest BCUT2D eigenvalue weighted by atomic mass is 19.1. The maximum atomic E-state index is 12.9. The zero-order valence-corrected chi connectivity index (χ0v) is 16.2. The Balaban J connectivity index is 1.76. The van der Waals surface area contributed by atoms with Crippen molar-refractivity contribution >= 4 is 23.9 Å². The van der Waals surface area contributed by atoms with Crippen molar-refractivity contribution in [2.45, 2.75) is 32.5 Å². The van der Waals surface area contributed by atoms with E-state index in [1.807, 2.05) is 30.3 Å². The maximum Gasteiger partial charge on any atom is 0.329 e. The Bertz CT molecular complexity index is 866. The van der Waals surface area contributed by atoms with E-state index in [-0.39, 0.29) is 12.4 Å². The summed E-state index contributed by atoms with van der Waals surface area (Å²) < 4.78 is 18.0. The fraction of sp³-hybridized carbons (Fsp3) is 0.227. The molecule has 0 aromatic heterocycles. The van der Waals surface area contributed by atoms with E-state index in [1.165, 1.54) is 32.1 Å². The lowest BCUT2D eigenvalue weighted by atomic mass is 10.2. The Hall–Kier alpha value is -3.48. The van der Waals surface area contributed by atoms with E-state index in [0.29, 0.717) is 5.56 Å². The molecule has 29 heavy (non-hydrogen) atoms. The van der Waals surface area contributed by atoms with Crippen LogP contribution in [-0.2, 0) is 25.7 Å². The molecule has 2 N–H and O–H groups in total. The van der Waals surface area contributed by atoms with Crippen LogP contribution in [0.1, 0.15) is 25.0 Å². The lowest BCUT2D eigenvalue weighted by Gasteiger charge is -2.17. The first kappa shape index (κ1) is 21.8. The van der Waals surface area contributed by atoms with Gasteiger partial charge in [-0.25, -0.2) is 9.18 Å². The molecular weight excluding hydrogens is 375 g/mol. The van der Waals surface area contributed by atoms with Gasteiger partial charge in [-0.1, -0.05) is 42.5 Å². The van der Waals surface area contributed by atoms with Gasteiger partial charge in [0.2, 0.25) is 5.91 Å². The van der Waals surface area contributed by atoms with Crippen LogP contribution in [0.3, 0.4) is 0 Å². The molecule has 2 atom stereocenters. The summed E-state index contributed by atoms with van der Waals surface area (Å²) in [6.07, 6.45) is 1.90. The van der Waals surface area contributed by atoms with E-state index < -0.39 is 29.9 Å². The van der Waals surface area contributed by atoms with E-state index >= 15 is 0 Å². The maximum absolute atomic E-state index is 12.9. The van der Waals surface area contributed by atoms with E-state index in [0.717, 1.165) is 5.56 Å². The van der Waals surface area contributed by atoms with Crippen molar-refractivity contribution in [3.8, 4) is 0 Å². The van der Waals surface area contributed by atoms with Gasteiger partial charge in [0.1, 0.15) is 11.9 Å². The molecule has 6 nitrogen and oxygen atoms in total. The van der Waals surface area contributed by atoms with Crippen LogP contribution in [0.25, 0.3) is 6.08 Å². The van der Waals surface area contributed by atoms with Crippen LogP contribution in [0.4, 0.5) is 4.39 Å². The van der Waals surface area contributed by atoms with Crippen molar-refractivity contribution in [2.24, 2.45) is 0 Å². The summed E-state index contributed by atoms with van der Waals surface area (Å²) in [4.78, 5) is 36.1. The molecule has 2 aromatic rings. The molecule has 0 radical (unpaired) electrons. The van der Waals surface area contributed by atoms with Crippen molar-refractivity contribution in [3.63, 3.8) is 0 Å². The number of esters is 1. The number of halogens is 1. The summed E-state index contributed by atoms with van der Waals surface area (Å²) in [6, 6.07) is 14.0. The average Bonchev–Trinajstić information content (AvgIpc) is 2.72. The first-order chi connectivity index (χ1) is 13.8. The molecule has 2 rings (SSSR count). The number of carbonyl (C=O) groups is 3. The molecule has 7 heteroatoms. The molecule has 0 bridgehead atoms. The molecular formula is C22H23FN2O4. The first-order valence-corrected chi connectivity index (χ1v) is 9.11. The number of carbonyl (C=O) groups excluding carboxylic acids is 3. The normalized spacial score (nSPS) is 12.8. The second-order valence-corrected chi connectivity index (χ2v) is 6.40. The van der Waals surface area contributed by atoms with E-state index in [4.69, 9.17) is 4.74 Å². The van der Waals surface area contributed by atoms with Gasteiger partial charge in [0.25, 0.3) is 5.91 Å². The third kappa shape index (κ3) is 7.57. The quantitative estimate of drug-likeness (QED) is 0.529. The first-order valence-electron chi connectivity index (χ1n) is 9.11. The van der Waals surface area contributed by atoms with Gasteiger partial charge in [-0.3, -0.25) is 9.59 Å². The molecule has 0 fully saturated rings. The highest BCUT2D eigenvalue weighted by molar-refractivity contribution is 5.94. The fourth-order valence-corrected chi connectivity index (χ4v) is 2.32. The van der Waals surface area contributed by atoms with Crippen LogP contribution in [0.5, 0.6) is 0 Å². The monoisotopic (exact) mass is 398 g/mol. The number of amides is 2. The zero-order valence-electron chi connectivity index (χ0n) is 16.2. The molecule has 0 saturated heterocycles. The van der Waals surface area contributed by atoms with Gasteiger partial charge in [0, 0.05) is 12.6 Å². The average molecular weight is 398 g/mol. The number of hydrogen-bond acceptors (Lipinski definition) is 4.